The van der Waals surface area contributed by atoms with E-state index in [1.54, 1.807) is 4.90 Å². The second-order valence-corrected chi connectivity index (χ2v) is 7.66. The highest BCUT2D eigenvalue weighted by molar-refractivity contribution is 5.91. The molecule has 2 heterocycles. The van der Waals surface area contributed by atoms with Crippen LogP contribution in [0.1, 0.15) is 33.6 Å². The van der Waals surface area contributed by atoms with E-state index in [9.17, 15) is 4.79 Å². The summed E-state index contributed by atoms with van der Waals surface area (Å²) in [6, 6.07) is 10.5. The smallest absolute Gasteiger partial charge is 0.410 e. The van der Waals surface area contributed by atoms with Gasteiger partial charge in [0.1, 0.15) is 5.60 Å². The van der Waals surface area contributed by atoms with Crippen molar-refractivity contribution in [3.63, 3.8) is 0 Å². The lowest BCUT2D eigenvalue weighted by Gasteiger charge is -2.38. The Bertz CT molecular complexity index is 741. The predicted octanol–water partition coefficient (Wildman–Crippen LogP) is 4.07. The van der Waals surface area contributed by atoms with Crippen molar-refractivity contribution in [1.82, 2.24) is 9.88 Å². The zero-order valence-electron chi connectivity index (χ0n) is 15.5. The average molecular weight is 341 g/mol. The quantitative estimate of drug-likeness (QED) is 0.826. The Morgan fingerprint density at radius 2 is 1.88 bits per heavy atom. The van der Waals surface area contributed by atoms with Crippen molar-refractivity contribution in [2.24, 2.45) is 0 Å². The second kappa shape index (κ2) is 6.90. The Hall–Kier alpha value is -2.30. The molecule has 1 fully saturated rings. The zero-order valence-corrected chi connectivity index (χ0v) is 15.5. The van der Waals surface area contributed by atoms with Gasteiger partial charge in [-0.25, -0.2) is 4.79 Å². The molecule has 2 aromatic rings. The number of para-hydroxylation sites is 1. The first kappa shape index (κ1) is 17.5. The van der Waals surface area contributed by atoms with Crippen LogP contribution in [-0.2, 0) is 4.74 Å². The first-order chi connectivity index (χ1) is 11.8. The normalized spacial score (nSPS) is 16.1. The van der Waals surface area contributed by atoms with Gasteiger partial charge < -0.3 is 14.5 Å². The molecule has 25 heavy (non-hydrogen) atoms. The van der Waals surface area contributed by atoms with Gasteiger partial charge in [0.05, 0.1) is 5.52 Å². The molecule has 1 aromatic carbocycles. The number of hydrogen-bond acceptors (Lipinski definition) is 4. The molecular weight excluding hydrogens is 314 g/mol. The maximum atomic E-state index is 12.3. The highest BCUT2D eigenvalue weighted by Gasteiger charge is 2.29. The van der Waals surface area contributed by atoms with Gasteiger partial charge in [0.25, 0.3) is 0 Å². The maximum absolute atomic E-state index is 12.3. The molecule has 0 radical (unpaired) electrons. The number of amides is 1. The van der Waals surface area contributed by atoms with Crippen LogP contribution in [-0.4, -0.2) is 47.8 Å². The number of nitrogens with zero attached hydrogens (tertiary/aromatic N) is 3. The molecule has 0 atom stereocenters. The van der Waals surface area contributed by atoms with Crippen molar-refractivity contribution in [1.29, 1.82) is 0 Å². The van der Waals surface area contributed by atoms with Crippen molar-refractivity contribution >= 4 is 22.7 Å². The molecule has 0 spiro atoms. The van der Waals surface area contributed by atoms with Crippen LogP contribution < -0.4 is 4.90 Å². The molecule has 1 aliphatic rings. The average Bonchev–Trinajstić information content (AvgIpc) is 2.59. The molecule has 1 saturated heterocycles. The fourth-order valence-electron chi connectivity index (χ4n) is 3.33. The summed E-state index contributed by atoms with van der Waals surface area (Å²) < 4.78 is 5.49. The Morgan fingerprint density at radius 1 is 1.20 bits per heavy atom. The fraction of sp³-hybridized carbons (Fsp3) is 0.500. The standard InChI is InChI=1S/C20H27N3O2/c1-20(2,3)25-19(24)22(4)15-10-13-23(14-11-15)18-9-12-21-17-8-6-5-7-16(17)18/h5-9,12,15H,10-11,13-14H2,1-4H3. The van der Waals surface area contributed by atoms with E-state index in [1.165, 1.54) is 11.1 Å². The summed E-state index contributed by atoms with van der Waals surface area (Å²) in [7, 11) is 1.84. The van der Waals surface area contributed by atoms with Gasteiger partial charge in [-0.15, -0.1) is 0 Å². The van der Waals surface area contributed by atoms with Crippen LogP contribution in [0, 0.1) is 0 Å². The molecule has 0 unspecified atom stereocenters. The van der Waals surface area contributed by atoms with Crippen LogP contribution >= 0.6 is 0 Å². The fourth-order valence-corrected chi connectivity index (χ4v) is 3.33. The molecule has 1 aliphatic heterocycles. The largest absolute Gasteiger partial charge is 0.444 e. The molecule has 5 nitrogen and oxygen atoms in total. The minimum Gasteiger partial charge on any atom is -0.444 e. The number of hydrogen-bond donors (Lipinski definition) is 0. The maximum Gasteiger partial charge on any atom is 0.410 e. The van der Waals surface area contributed by atoms with E-state index < -0.39 is 5.60 Å². The van der Waals surface area contributed by atoms with Crippen LogP contribution in [0.25, 0.3) is 10.9 Å². The van der Waals surface area contributed by atoms with Crippen molar-refractivity contribution in [3.05, 3.63) is 36.5 Å². The van der Waals surface area contributed by atoms with Crippen LogP contribution in [0.3, 0.4) is 0 Å². The third kappa shape index (κ3) is 4.03. The number of carbonyl (C=O) groups excluding carboxylic acids is 1. The number of benzene rings is 1. The van der Waals surface area contributed by atoms with E-state index in [1.807, 2.05) is 46.1 Å². The summed E-state index contributed by atoms with van der Waals surface area (Å²) in [6.45, 7) is 7.54. The molecule has 0 N–H and O–H groups in total. The van der Waals surface area contributed by atoms with Gasteiger partial charge in [0.15, 0.2) is 0 Å². The van der Waals surface area contributed by atoms with E-state index in [0.717, 1.165) is 31.4 Å². The van der Waals surface area contributed by atoms with E-state index >= 15 is 0 Å². The third-order valence-corrected chi connectivity index (χ3v) is 4.66. The first-order valence-electron chi connectivity index (χ1n) is 8.90. The van der Waals surface area contributed by atoms with Crippen LogP contribution in [0.4, 0.5) is 10.5 Å². The number of pyridine rings is 1. The summed E-state index contributed by atoms with van der Waals surface area (Å²) in [4.78, 5) is 20.9. The molecule has 0 saturated carbocycles. The van der Waals surface area contributed by atoms with Crippen LogP contribution in [0.15, 0.2) is 36.5 Å². The number of ether oxygens (including phenoxy) is 1. The Kier molecular flexibility index (Phi) is 4.84. The summed E-state index contributed by atoms with van der Waals surface area (Å²) >= 11 is 0. The predicted molar refractivity (Wildman–Crippen MR) is 101 cm³/mol. The molecule has 0 bridgehead atoms. The summed E-state index contributed by atoms with van der Waals surface area (Å²) in [5, 5.41) is 1.18. The van der Waals surface area contributed by atoms with Gasteiger partial charge in [-0.05, 0) is 45.7 Å². The highest BCUT2D eigenvalue weighted by Crippen LogP contribution is 2.28. The number of piperidine rings is 1. The third-order valence-electron chi connectivity index (χ3n) is 4.66. The van der Waals surface area contributed by atoms with Gasteiger partial charge in [0.2, 0.25) is 0 Å². The summed E-state index contributed by atoms with van der Waals surface area (Å²) in [5.74, 6) is 0. The van der Waals surface area contributed by atoms with Crippen molar-refractivity contribution in [2.75, 3.05) is 25.0 Å². The second-order valence-electron chi connectivity index (χ2n) is 7.66. The molecule has 134 valence electrons. The van der Waals surface area contributed by atoms with Gasteiger partial charge in [-0.1, -0.05) is 18.2 Å². The zero-order chi connectivity index (χ0) is 18.0. The van der Waals surface area contributed by atoms with E-state index in [0.29, 0.717) is 0 Å². The Morgan fingerprint density at radius 3 is 2.56 bits per heavy atom. The molecule has 3 rings (SSSR count). The summed E-state index contributed by atoms with van der Waals surface area (Å²) in [6.07, 6.45) is 3.51. The van der Waals surface area contributed by atoms with E-state index in [2.05, 4.69) is 28.1 Å². The topological polar surface area (TPSA) is 45.7 Å². The van der Waals surface area contributed by atoms with Crippen molar-refractivity contribution < 1.29 is 9.53 Å². The minimum atomic E-state index is -0.456. The molecule has 0 aliphatic carbocycles. The molecular formula is C20H27N3O2. The van der Waals surface area contributed by atoms with E-state index in [-0.39, 0.29) is 12.1 Å². The first-order valence-corrected chi connectivity index (χ1v) is 8.90. The number of fused-ring (bicyclic) bond motifs is 1. The number of anilines is 1. The van der Waals surface area contributed by atoms with Gasteiger partial charge in [-0.2, -0.15) is 0 Å². The number of rotatable bonds is 2. The number of aromatic nitrogens is 1. The SMILES string of the molecule is CN(C(=O)OC(C)(C)C)C1CCN(c2ccnc3ccccc23)CC1. The van der Waals surface area contributed by atoms with Gasteiger partial charge >= 0.3 is 6.09 Å². The van der Waals surface area contributed by atoms with Gasteiger partial charge in [-0.3, -0.25) is 4.98 Å². The molecule has 1 aromatic heterocycles. The van der Waals surface area contributed by atoms with Crippen LogP contribution in [0.2, 0.25) is 0 Å². The Balaban J connectivity index is 1.66. The lowest BCUT2D eigenvalue weighted by molar-refractivity contribution is 0.0201. The molecule has 1 amide bonds. The van der Waals surface area contributed by atoms with E-state index in [4.69, 9.17) is 4.74 Å². The minimum absolute atomic E-state index is 0.221. The lowest BCUT2D eigenvalue weighted by atomic mass is 10.0. The van der Waals surface area contributed by atoms with Gasteiger partial charge in [0, 0.05) is 43.4 Å². The Labute approximate surface area is 149 Å². The highest BCUT2D eigenvalue weighted by atomic mass is 16.6. The lowest BCUT2D eigenvalue weighted by Crippen LogP contribution is -2.47. The van der Waals surface area contributed by atoms with Crippen molar-refractivity contribution in [2.45, 2.75) is 45.3 Å². The molecule has 5 heteroatoms. The summed E-state index contributed by atoms with van der Waals surface area (Å²) in [5.41, 5.74) is 1.79. The number of carbonyl (C=O) groups is 1. The monoisotopic (exact) mass is 341 g/mol. The van der Waals surface area contributed by atoms with Crippen molar-refractivity contribution in [3.8, 4) is 0 Å². The van der Waals surface area contributed by atoms with Crippen LogP contribution in [0.5, 0.6) is 0 Å².